The fourth-order valence-corrected chi connectivity index (χ4v) is 2.00. The fraction of sp³-hybridized carbons (Fsp3) is 0.385. The Labute approximate surface area is 110 Å². The highest BCUT2D eigenvalue weighted by Gasteiger charge is 2.20. The van der Waals surface area contributed by atoms with E-state index in [1.54, 1.807) is 18.3 Å². The van der Waals surface area contributed by atoms with Crippen molar-refractivity contribution in [2.75, 3.05) is 6.54 Å². The second kappa shape index (κ2) is 5.81. The lowest BCUT2D eigenvalue weighted by molar-refractivity contribution is -0.119. The number of carbonyl (C=O) groups is 1. The molecule has 19 heavy (non-hydrogen) atoms. The van der Waals surface area contributed by atoms with Crippen LogP contribution >= 0.6 is 0 Å². The first kappa shape index (κ1) is 13.5. The van der Waals surface area contributed by atoms with Crippen LogP contribution in [0.25, 0.3) is 10.9 Å². The van der Waals surface area contributed by atoms with E-state index in [1.165, 1.54) is 6.92 Å². The summed E-state index contributed by atoms with van der Waals surface area (Å²) in [6, 6.07) is 5.42. The second-order valence-electron chi connectivity index (χ2n) is 4.47. The number of amides is 1. The van der Waals surface area contributed by atoms with Crippen LogP contribution in [0.2, 0.25) is 0 Å². The molecule has 2 aromatic rings. The summed E-state index contributed by atoms with van der Waals surface area (Å²) in [5.74, 6) is -0.155. The van der Waals surface area contributed by atoms with Gasteiger partial charge in [0.1, 0.15) is 6.10 Å². The maximum Gasteiger partial charge on any atom is 0.216 e. The number of aromatic nitrogens is 2. The van der Waals surface area contributed by atoms with E-state index in [2.05, 4.69) is 15.5 Å². The number of rotatable bonds is 5. The van der Waals surface area contributed by atoms with Gasteiger partial charge in [-0.3, -0.25) is 9.89 Å². The number of para-hydroxylation sites is 1. The van der Waals surface area contributed by atoms with E-state index in [-0.39, 0.29) is 12.3 Å². The molecule has 1 aromatic heterocycles. The quantitative estimate of drug-likeness (QED) is 0.630. The van der Waals surface area contributed by atoms with E-state index in [4.69, 9.17) is 0 Å². The van der Waals surface area contributed by atoms with Crippen molar-refractivity contribution in [3.63, 3.8) is 0 Å². The summed E-state index contributed by atoms with van der Waals surface area (Å²) >= 11 is 0. The first-order valence-corrected chi connectivity index (χ1v) is 6.12. The Morgan fingerprint density at radius 1 is 1.47 bits per heavy atom. The molecule has 0 aliphatic heterocycles. The third-order valence-electron chi connectivity index (χ3n) is 3.01. The van der Waals surface area contributed by atoms with Crippen LogP contribution in [0.3, 0.4) is 0 Å². The molecule has 1 aromatic carbocycles. The Balaban J connectivity index is 2.08. The summed E-state index contributed by atoms with van der Waals surface area (Å²) in [5, 5.41) is 30.3. The zero-order valence-electron chi connectivity index (χ0n) is 10.6. The normalized spacial score (nSPS) is 14.3. The van der Waals surface area contributed by atoms with Gasteiger partial charge in [0.25, 0.3) is 0 Å². The predicted molar refractivity (Wildman–Crippen MR) is 70.4 cm³/mol. The number of hydrogen-bond donors (Lipinski definition) is 4. The van der Waals surface area contributed by atoms with Gasteiger partial charge in [-0.15, -0.1) is 0 Å². The highest BCUT2D eigenvalue weighted by atomic mass is 16.3. The second-order valence-corrected chi connectivity index (χ2v) is 4.47. The summed E-state index contributed by atoms with van der Waals surface area (Å²) in [4.78, 5) is 10.7. The number of nitrogens with zero attached hydrogens (tertiary/aromatic N) is 1. The molecule has 0 saturated carbocycles. The molecule has 0 fully saturated rings. The molecule has 2 rings (SSSR count). The van der Waals surface area contributed by atoms with Crippen molar-refractivity contribution in [1.29, 1.82) is 0 Å². The highest BCUT2D eigenvalue weighted by Crippen LogP contribution is 2.25. The van der Waals surface area contributed by atoms with Gasteiger partial charge in [0.05, 0.1) is 17.8 Å². The van der Waals surface area contributed by atoms with Crippen LogP contribution in [0.1, 0.15) is 25.0 Å². The molecule has 0 saturated heterocycles. The minimum Gasteiger partial charge on any atom is -0.390 e. The highest BCUT2D eigenvalue weighted by molar-refractivity contribution is 5.81. The van der Waals surface area contributed by atoms with E-state index in [0.717, 1.165) is 5.39 Å². The van der Waals surface area contributed by atoms with Crippen LogP contribution in [0.15, 0.2) is 24.4 Å². The molecule has 6 nitrogen and oxygen atoms in total. The minimum absolute atomic E-state index is 0.155. The number of aromatic amines is 1. The van der Waals surface area contributed by atoms with Gasteiger partial charge in [0.2, 0.25) is 5.91 Å². The van der Waals surface area contributed by atoms with Crippen LogP contribution in [-0.4, -0.2) is 39.0 Å². The fourth-order valence-electron chi connectivity index (χ4n) is 2.00. The standard InChI is InChI=1S/C13H17N3O3/c1-8(17)14-6-5-11(18)13(19)10-4-2-3-9-7-15-16-12(9)10/h2-4,7,11,13,18-19H,5-6H2,1H3,(H,14,17)(H,15,16). The number of nitrogens with one attached hydrogen (secondary N) is 2. The van der Waals surface area contributed by atoms with Gasteiger partial charge in [-0.05, 0) is 6.42 Å². The zero-order chi connectivity index (χ0) is 13.8. The number of H-pyrrole nitrogens is 1. The van der Waals surface area contributed by atoms with E-state index in [9.17, 15) is 15.0 Å². The molecule has 0 bridgehead atoms. The molecule has 0 aliphatic carbocycles. The van der Waals surface area contributed by atoms with Crippen LogP contribution in [0, 0.1) is 0 Å². The zero-order valence-corrected chi connectivity index (χ0v) is 10.6. The van der Waals surface area contributed by atoms with Gasteiger partial charge in [0.15, 0.2) is 0 Å². The molecule has 4 N–H and O–H groups in total. The van der Waals surface area contributed by atoms with Crippen LogP contribution < -0.4 is 5.32 Å². The molecular formula is C13H17N3O3. The Morgan fingerprint density at radius 2 is 2.26 bits per heavy atom. The molecule has 2 unspecified atom stereocenters. The lowest BCUT2D eigenvalue weighted by Crippen LogP contribution is -2.27. The van der Waals surface area contributed by atoms with Gasteiger partial charge in [-0.1, -0.05) is 18.2 Å². The molecular weight excluding hydrogens is 246 g/mol. The van der Waals surface area contributed by atoms with Crippen molar-refractivity contribution < 1.29 is 15.0 Å². The number of benzene rings is 1. The molecule has 0 radical (unpaired) electrons. The lowest BCUT2D eigenvalue weighted by atomic mass is 10.00. The maximum atomic E-state index is 10.7. The predicted octanol–water partition coefficient (Wildman–Crippen LogP) is 0.483. The SMILES string of the molecule is CC(=O)NCCC(O)C(O)c1cccc2cn[nH]c12. The number of fused-ring (bicyclic) bond motifs is 1. The molecule has 0 aliphatic rings. The Kier molecular flexibility index (Phi) is 4.13. The van der Waals surface area contributed by atoms with E-state index >= 15 is 0 Å². The van der Waals surface area contributed by atoms with E-state index in [0.29, 0.717) is 17.6 Å². The smallest absolute Gasteiger partial charge is 0.216 e. The first-order chi connectivity index (χ1) is 9.09. The number of hydrogen-bond acceptors (Lipinski definition) is 4. The summed E-state index contributed by atoms with van der Waals surface area (Å²) in [6.07, 6.45) is -0.0146. The third-order valence-corrected chi connectivity index (χ3v) is 3.01. The van der Waals surface area contributed by atoms with Crippen LogP contribution in [0.4, 0.5) is 0 Å². The number of carbonyl (C=O) groups excluding carboxylic acids is 1. The first-order valence-electron chi connectivity index (χ1n) is 6.12. The summed E-state index contributed by atoms with van der Waals surface area (Å²) < 4.78 is 0. The Morgan fingerprint density at radius 3 is 3.00 bits per heavy atom. The molecule has 1 amide bonds. The average Bonchev–Trinajstić information content (AvgIpc) is 2.85. The van der Waals surface area contributed by atoms with Gasteiger partial charge in [-0.25, -0.2) is 0 Å². The van der Waals surface area contributed by atoms with Gasteiger partial charge >= 0.3 is 0 Å². The van der Waals surface area contributed by atoms with Gasteiger partial charge in [0, 0.05) is 24.4 Å². The third kappa shape index (κ3) is 3.10. The molecule has 102 valence electrons. The Bertz CT molecular complexity index is 567. The Hall–Kier alpha value is -1.92. The lowest BCUT2D eigenvalue weighted by Gasteiger charge is -2.18. The molecule has 6 heteroatoms. The largest absolute Gasteiger partial charge is 0.390 e. The molecule has 0 spiro atoms. The van der Waals surface area contributed by atoms with Crippen molar-refractivity contribution in [1.82, 2.24) is 15.5 Å². The van der Waals surface area contributed by atoms with Crippen molar-refractivity contribution in [3.8, 4) is 0 Å². The number of aliphatic hydroxyl groups is 2. The topological polar surface area (TPSA) is 98.2 Å². The van der Waals surface area contributed by atoms with E-state index < -0.39 is 12.2 Å². The van der Waals surface area contributed by atoms with Crippen LogP contribution in [-0.2, 0) is 4.79 Å². The monoisotopic (exact) mass is 263 g/mol. The summed E-state index contributed by atoms with van der Waals surface area (Å²) in [6.45, 7) is 1.74. The minimum atomic E-state index is -1.02. The van der Waals surface area contributed by atoms with Crippen molar-refractivity contribution >= 4 is 16.8 Å². The van der Waals surface area contributed by atoms with Crippen LogP contribution in [0.5, 0.6) is 0 Å². The summed E-state index contributed by atoms with van der Waals surface area (Å²) in [5.41, 5.74) is 1.32. The maximum absolute atomic E-state index is 10.7. The summed E-state index contributed by atoms with van der Waals surface area (Å²) in [7, 11) is 0. The van der Waals surface area contributed by atoms with Gasteiger partial charge < -0.3 is 15.5 Å². The van der Waals surface area contributed by atoms with Crippen molar-refractivity contribution in [2.45, 2.75) is 25.6 Å². The molecule has 1 heterocycles. The average molecular weight is 263 g/mol. The van der Waals surface area contributed by atoms with E-state index in [1.807, 2.05) is 6.07 Å². The van der Waals surface area contributed by atoms with Gasteiger partial charge in [-0.2, -0.15) is 5.10 Å². The van der Waals surface area contributed by atoms with Crippen molar-refractivity contribution in [2.24, 2.45) is 0 Å². The number of aliphatic hydroxyl groups excluding tert-OH is 2. The molecule has 2 atom stereocenters. The van der Waals surface area contributed by atoms with Crippen molar-refractivity contribution in [3.05, 3.63) is 30.0 Å².